The predicted molar refractivity (Wildman–Crippen MR) is 69.1 cm³/mol. The number of nitrogens with zero attached hydrogens (tertiary/aromatic N) is 1. The first kappa shape index (κ1) is 13.9. The van der Waals surface area contributed by atoms with Gasteiger partial charge in [0, 0.05) is 11.9 Å². The number of hydrogen-bond acceptors (Lipinski definition) is 2. The van der Waals surface area contributed by atoms with Crippen LogP contribution >= 0.6 is 11.8 Å². The second-order valence-electron chi connectivity index (χ2n) is 3.81. The van der Waals surface area contributed by atoms with Crippen molar-refractivity contribution in [3.8, 4) is 11.4 Å². The van der Waals surface area contributed by atoms with Gasteiger partial charge >= 0.3 is 6.18 Å². The Morgan fingerprint density at radius 1 is 1.11 bits per heavy atom. The fourth-order valence-corrected chi connectivity index (χ4v) is 2.48. The maximum Gasteiger partial charge on any atom is 0.416 e. The molecule has 0 saturated carbocycles. The molecule has 1 heterocycles. The normalized spacial score (nSPS) is 11.6. The largest absolute Gasteiger partial charge is 0.494 e. The summed E-state index contributed by atoms with van der Waals surface area (Å²) in [4.78, 5) is 0. The third-order valence-corrected chi connectivity index (χ3v) is 3.48. The molecule has 6 heteroatoms. The van der Waals surface area contributed by atoms with Crippen LogP contribution in [0.25, 0.3) is 5.69 Å². The molecule has 0 unspecified atom stereocenters. The van der Waals surface area contributed by atoms with E-state index in [4.69, 9.17) is 4.74 Å². The second kappa shape index (κ2) is 5.21. The van der Waals surface area contributed by atoms with Gasteiger partial charge < -0.3 is 9.30 Å². The van der Waals surface area contributed by atoms with Crippen molar-refractivity contribution in [2.24, 2.45) is 0 Å². The van der Waals surface area contributed by atoms with Crippen molar-refractivity contribution in [1.29, 1.82) is 0 Å². The van der Waals surface area contributed by atoms with E-state index in [-0.39, 0.29) is 0 Å². The van der Waals surface area contributed by atoms with Gasteiger partial charge in [-0.25, -0.2) is 0 Å². The van der Waals surface area contributed by atoms with Crippen LogP contribution < -0.4 is 4.74 Å². The highest BCUT2D eigenvalue weighted by molar-refractivity contribution is 7.98. The molecule has 102 valence electrons. The summed E-state index contributed by atoms with van der Waals surface area (Å²) in [6.45, 7) is 0. The summed E-state index contributed by atoms with van der Waals surface area (Å²) in [5, 5.41) is 0.849. The van der Waals surface area contributed by atoms with Crippen molar-refractivity contribution in [2.75, 3.05) is 13.4 Å². The molecule has 0 amide bonds. The van der Waals surface area contributed by atoms with Gasteiger partial charge in [-0.1, -0.05) is 0 Å². The van der Waals surface area contributed by atoms with Gasteiger partial charge in [-0.15, -0.1) is 11.8 Å². The van der Waals surface area contributed by atoms with Gasteiger partial charge in [-0.05, 0) is 36.6 Å². The molecule has 0 N–H and O–H groups in total. The molecule has 0 saturated heterocycles. The van der Waals surface area contributed by atoms with Crippen LogP contribution in [0.5, 0.6) is 5.75 Å². The Hall–Kier alpha value is -1.56. The Labute approximate surface area is 113 Å². The van der Waals surface area contributed by atoms with Gasteiger partial charge in [0.2, 0.25) is 0 Å². The summed E-state index contributed by atoms with van der Waals surface area (Å²) in [6, 6.07) is 6.82. The van der Waals surface area contributed by atoms with E-state index >= 15 is 0 Å². The van der Waals surface area contributed by atoms with Gasteiger partial charge in [0.1, 0.15) is 5.03 Å². The van der Waals surface area contributed by atoms with Crippen LogP contribution in [0, 0.1) is 0 Å². The minimum Gasteiger partial charge on any atom is -0.494 e. The molecule has 1 aromatic carbocycles. The zero-order valence-electron chi connectivity index (χ0n) is 10.4. The lowest BCUT2D eigenvalue weighted by molar-refractivity contribution is -0.137. The number of halogens is 3. The Morgan fingerprint density at radius 2 is 1.74 bits per heavy atom. The van der Waals surface area contributed by atoms with E-state index in [9.17, 15) is 13.2 Å². The Morgan fingerprint density at radius 3 is 2.21 bits per heavy atom. The molecule has 0 aliphatic carbocycles. The molecule has 0 fully saturated rings. The van der Waals surface area contributed by atoms with Crippen LogP contribution in [-0.2, 0) is 6.18 Å². The summed E-state index contributed by atoms with van der Waals surface area (Å²) in [5.41, 5.74) is 0.0155. The quantitative estimate of drug-likeness (QED) is 0.784. The third-order valence-electron chi connectivity index (χ3n) is 2.69. The summed E-state index contributed by atoms with van der Waals surface area (Å²) in [7, 11) is 1.56. The first-order valence-electron chi connectivity index (χ1n) is 5.44. The zero-order chi connectivity index (χ0) is 14.0. The van der Waals surface area contributed by atoms with E-state index in [0.29, 0.717) is 11.4 Å². The van der Waals surface area contributed by atoms with Crippen LogP contribution in [-0.4, -0.2) is 17.9 Å². The van der Waals surface area contributed by atoms with Gasteiger partial charge in [-0.2, -0.15) is 13.2 Å². The number of hydrogen-bond donors (Lipinski definition) is 0. The number of benzene rings is 1. The number of rotatable bonds is 3. The zero-order valence-corrected chi connectivity index (χ0v) is 11.2. The first-order chi connectivity index (χ1) is 8.97. The molecule has 0 bridgehead atoms. The molecule has 2 nitrogen and oxygen atoms in total. The van der Waals surface area contributed by atoms with E-state index < -0.39 is 11.7 Å². The Balaban J connectivity index is 2.40. The molecule has 1 aromatic heterocycles. The Kier molecular flexibility index (Phi) is 3.80. The van der Waals surface area contributed by atoms with Gasteiger partial charge in [0.25, 0.3) is 0 Å². The van der Waals surface area contributed by atoms with Crippen molar-refractivity contribution < 1.29 is 17.9 Å². The summed E-state index contributed by atoms with van der Waals surface area (Å²) in [5.74, 6) is 0.701. The van der Waals surface area contributed by atoms with E-state index in [0.717, 1.165) is 17.2 Å². The fourth-order valence-electron chi connectivity index (χ4n) is 1.77. The van der Waals surface area contributed by atoms with Crippen molar-refractivity contribution in [2.45, 2.75) is 11.2 Å². The van der Waals surface area contributed by atoms with E-state index in [2.05, 4.69) is 0 Å². The lowest BCUT2D eigenvalue weighted by atomic mass is 10.2. The second-order valence-corrected chi connectivity index (χ2v) is 4.60. The molecule has 19 heavy (non-hydrogen) atoms. The number of ether oxygens (including phenoxy) is 1. The van der Waals surface area contributed by atoms with Crippen molar-refractivity contribution in [3.05, 3.63) is 42.1 Å². The highest BCUT2D eigenvalue weighted by Crippen LogP contribution is 2.33. The predicted octanol–water partition coefficient (Wildman–Crippen LogP) is 4.23. The fraction of sp³-hybridized carbons (Fsp3) is 0.231. The van der Waals surface area contributed by atoms with Crippen LogP contribution in [0.1, 0.15) is 5.56 Å². The molecular formula is C13H12F3NOS. The molecule has 2 aromatic rings. The van der Waals surface area contributed by atoms with Crippen molar-refractivity contribution in [1.82, 2.24) is 4.57 Å². The molecule has 2 rings (SSSR count). The minimum atomic E-state index is -4.31. The molecule has 0 radical (unpaired) electrons. The average Bonchev–Trinajstić information content (AvgIpc) is 2.80. The minimum absolute atomic E-state index is 0.652. The van der Waals surface area contributed by atoms with Crippen LogP contribution in [0.4, 0.5) is 13.2 Å². The van der Waals surface area contributed by atoms with Gasteiger partial charge in [0.05, 0.1) is 12.7 Å². The summed E-state index contributed by atoms with van der Waals surface area (Å²) < 4.78 is 44.5. The maximum absolute atomic E-state index is 12.5. The lowest BCUT2D eigenvalue weighted by Crippen LogP contribution is -2.05. The highest BCUT2D eigenvalue weighted by atomic mass is 32.2. The Bertz CT molecular complexity index is 560. The SMILES string of the molecule is COc1ccn(-c2ccc(C(F)(F)F)cc2)c1SC. The van der Waals surface area contributed by atoms with E-state index in [1.807, 2.05) is 6.26 Å². The molecule has 0 atom stereocenters. The molecule has 0 aliphatic rings. The van der Waals surface area contributed by atoms with Gasteiger partial charge in [0.15, 0.2) is 5.75 Å². The number of methoxy groups -OCH3 is 1. The standard InChI is InChI=1S/C13H12F3NOS/c1-18-11-7-8-17(12(11)19-2)10-5-3-9(4-6-10)13(14,15)16/h3-8H,1-2H3. The summed E-state index contributed by atoms with van der Waals surface area (Å²) >= 11 is 1.47. The average molecular weight is 287 g/mol. The molecular weight excluding hydrogens is 275 g/mol. The number of aromatic nitrogens is 1. The molecule has 0 aliphatic heterocycles. The number of thioether (sulfide) groups is 1. The number of alkyl halides is 3. The third kappa shape index (κ3) is 2.73. The maximum atomic E-state index is 12.5. The van der Waals surface area contributed by atoms with E-state index in [1.165, 1.54) is 23.9 Å². The molecule has 0 spiro atoms. The topological polar surface area (TPSA) is 14.2 Å². The van der Waals surface area contributed by atoms with Crippen LogP contribution in [0.2, 0.25) is 0 Å². The highest BCUT2D eigenvalue weighted by Gasteiger charge is 2.30. The lowest BCUT2D eigenvalue weighted by Gasteiger charge is -2.11. The van der Waals surface area contributed by atoms with E-state index in [1.54, 1.807) is 23.9 Å². The van der Waals surface area contributed by atoms with Crippen molar-refractivity contribution in [3.63, 3.8) is 0 Å². The van der Waals surface area contributed by atoms with Crippen LogP contribution in [0.15, 0.2) is 41.6 Å². The van der Waals surface area contributed by atoms with Crippen molar-refractivity contribution >= 4 is 11.8 Å². The summed E-state index contributed by atoms with van der Waals surface area (Å²) in [6.07, 6.45) is -0.652. The monoisotopic (exact) mass is 287 g/mol. The van der Waals surface area contributed by atoms with Gasteiger partial charge in [-0.3, -0.25) is 0 Å². The van der Waals surface area contributed by atoms with Crippen LogP contribution in [0.3, 0.4) is 0 Å². The first-order valence-corrected chi connectivity index (χ1v) is 6.67. The smallest absolute Gasteiger partial charge is 0.416 e.